The van der Waals surface area contributed by atoms with Crippen LogP contribution < -0.4 is 24.4 Å². The van der Waals surface area contributed by atoms with Gasteiger partial charge in [-0.1, -0.05) is 18.2 Å². The predicted molar refractivity (Wildman–Crippen MR) is 137 cm³/mol. The van der Waals surface area contributed by atoms with Crippen molar-refractivity contribution in [2.24, 2.45) is 0 Å². The van der Waals surface area contributed by atoms with Crippen LogP contribution in [0.5, 0.6) is 28.7 Å². The molecule has 1 N–H and O–H groups in total. The van der Waals surface area contributed by atoms with Gasteiger partial charge < -0.3 is 28.5 Å². The Balaban J connectivity index is 1.68. The highest BCUT2D eigenvalue weighted by Gasteiger charge is 2.34. The second-order valence-corrected chi connectivity index (χ2v) is 9.03. The summed E-state index contributed by atoms with van der Waals surface area (Å²) >= 11 is 0. The molecule has 1 aliphatic rings. The third-order valence-electron chi connectivity index (χ3n) is 6.32. The topological polar surface area (TPSA) is 104 Å². The van der Waals surface area contributed by atoms with Gasteiger partial charge in [0.2, 0.25) is 5.43 Å². The van der Waals surface area contributed by atoms with Gasteiger partial charge in [0.05, 0.1) is 32.3 Å². The first-order valence-corrected chi connectivity index (χ1v) is 11.8. The summed E-state index contributed by atoms with van der Waals surface area (Å²) in [6.45, 7) is 3.84. The lowest BCUT2D eigenvalue weighted by Gasteiger charge is -2.26. The van der Waals surface area contributed by atoms with Crippen LogP contribution in [-0.4, -0.2) is 31.4 Å². The largest absolute Gasteiger partial charge is 0.507 e. The molecule has 0 unspecified atom stereocenters. The number of fused-ring (bicyclic) bond motifs is 3. The van der Waals surface area contributed by atoms with Crippen LogP contribution in [-0.2, 0) is 4.79 Å². The van der Waals surface area contributed by atoms with Crippen molar-refractivity contribution in [3.63, 3.8) is 0 Å². The maximum atomic E-state index is 13.5. The van der Waals surface area contributed by atoms with Gasteiger partial charge in [0.25, 0.3) is 0 Å². The standard InChI is InChI=1S/C29H26O8/c1-15(2)36-22-10-7-17(11-23(22)34-4)19-12-25(31)37-24-13-21(30)27-28(32)20(14-35-29(27)26(19)24)16-5-8-18(33-3)9-6-16/h5-11,13-15,19,30H,12H2,1-4H3/t19-/m0/s1. The summed E-state index contributed by atoms with van der Waals surface area (Å²) in [4.78, 5) is 26.1. The average Bonchev–Trinajstić information content (AvgIpc) is 2.88. The molecule has 8 nitrogen and oxygen atoms in total. The van der Waals surface area contributed by atoms with Crippen molar-refractivity contribution >= 4 is 16.9 Å². The summed E-state index contributed by atoms with van der Waals surface area (Å²) in [7, 11) is 3.10. The minimum absolute atomic E-state index is 0.0155. The number of benzene rings is 3. The second-order valence-electron chi connectivity index (χ2n) is 9.03. The average molecular weight is 503 g/mol. The molecule has 1 aromatic heterocycles. The number of phenols is 1. The first-order valence-electron chi connectivity index (χ1n) is 11.8. The first-order chi connectivity index (χ1) is 17.8. The number of hydrogen-bond acceptors (Lipinski definition) is 8. The summed E-state index contributed by atoms with van der Waals surface area (Å²) in [5, 5.41) is 10.8. The lowest BCUT2D eigenvalue weighted by atomic mass is 9.84. The van der Waals surface area contributed by atoms with Crippen LogP contribution in [0.4, 0.5) is 0 Å². The van der Waals surface area contributed by atoms with E-state index in [2.05, 4.69) is 0 Å². The Hall–Kier alpha value is -4.46. The Labute approximate surface area is 213 Å². The highest BCUT2D eigenvalue weighted by Crippen LogP contribution is 2.47. The molecule has 0 fully saturated rings. The molecule has 0 bridgehead atoms. The summed E-state index contributed by atoms with van der Waals surface area (Å²) in [5.74, 6) is 0.587. The number of methoxy groups -OCH3 is 2. The van der Waals surface area contributed by atoms with Crippen LogP contribution in [0.15, 0.2) is 64.0 Å². The van der Waals surface area contributed by atoms with Crippen LogP contribution in [0.2, 0.25) is 0 Å². The Kier molecular flexibility index (Phi) is 6.25. The second kappa shape index (κ2) is 9.54. The van der Waals surface area contributed by atoms with Crippen LogP contribution in [0.25, 0.3) is 22.1 Å². The SMILES string of the molecule is COc1ccc(-c2coc3c4c(cc(O)c3c2=O)OC(=O)C[C@H]4c2ccc(OC(C)C)c(OC)c2)cc1. The van der Waals surface area contributed by atoms with E-state index in [1.165, 1.54) is 12.3 Å². The molecule has 2 heterocycles. The lowest BCUT2D eigenvalue weighted by molar-refractivity contribution is -0.135. The van der Waals surface area contributed by atoms with E-state index in [0.29, 0.717) is 28.4 Å². The number of carbonyl (C=O) groups is 1. The molecule has 1 atom stereocenters. The van der Waals surface area contributed by atoms with Gasteiger partial charge in [0.1, 0.15) is 34.5 Å². The number of hydrogen-bond donors (Lipinski definition) is 1. The molecule has 190 valence electrons. The maximum Gasteiger partial charge on any atom is 0.312 e. The van der Waals surface area contributed by atoms with Gasteiger partial charge >= 0.3 is 5.97 Å². The van der Waals surface area contributed by atoms with Crippen molar-refractivity contribution in [1.82, 2.24) is 0 Å². The van der Waals surface area contributed by atoms with Crippen molar-refractivity contribution in [3.05, 3.63) is 76.1 Å². The van der Waals surface area contributed by atoms with Gasteiger partial charge in [-0.2, -0.15) is 0 Å². The molecule has 0 amide bonds. The number of rotatable bonds is 6. The van der Waals surface area contributed by atoms with E-state index in [4.69, 9.17) is 23.4 Å². The third-order valence-corrected chi connectivity index (χ3v) is 6.32. The fraction of sp³-hybridized carbons (Fsp3) is 0.241. The number of ether oxygens (including phenoxy) is 4. The third kappa shape index (κ3) is 4.35. The van der Waals surface area contributed by atoms with Crippen molar-refractivity contribution in [3.8, 4) is 39.9 Å². The van der Waals surface area contributed by atoms with Gasteiger partial charge in [-0.15, -0.1) is 0 Å². The van der Waals surface area contributed by atoms with E-state index in [-0.39, 0.29) is 40.6 Å². The van der Waals surface area contributed by atoms with Crippen LogP contribution in [0, 0.1) is 0 Å². The molecule has 4 aromatic rings. The smallest absolute Gasteiger partial charge is 0.312 e. The predicted octanol–water partition coefficient (Wildman–Crippen LogP) is 5.41. The van der Waals surface area contributed by atoms with Crippen molar-refractivity contribution < 1.29 is 33.3 Å². The van der Waals surface area contributed by atoms with Crippen molar-refractivity contribution in [1.29, 1.82) is 0 Å². The zero-order valence-corrected chi connectivity index (χ0v) is 20.9. The van der Waals surface area contributed by atoms with Crippen LogP contribution in [0.1, 0.15) is 37.3 Å². The number of esters is 1. The molecular formula is C29H26O8. The molecule has 8 heteroatoms. The number of aromatic hydroxyl groups is 1. The highest BCUT2D eigenvalue weighted by atomic mass is 16.5. The molecule has 0 saturated heterocycles. The zero-order chi connectivity index (χ0) is 26.3. The Morgan fingerprint density at radius 2 is 1.73 bits per heavy atom. The van der Waals surface area contributed by atoms with Crippen molar-refractivity contribution in [2.75, 3.05) is 14.2 Å². The Bertz CT molecular complexity index is 1550. The van der Waals surface area contributed by atoms with Gasteiger partial charge in [-0.3, -0.25) is 9.59 Å². The first kappa shape index (κ1) is 24.2. The van der Waals surface area contributed by atoms with Crippen LogP contribution in [0.3, 0.4) is 0 Å². The molecule has 5 rings (SSSR count). The van der Waals surface area contributed by atoms with Gasteiger partial charge in [-0.25, -0.2) is 0 Å². The van der Waals surface area contributed by atoms with Gasteiger partial charge in [0.15, 0.2) is 11.5 Å². The fourth-order valence-electron chi connectivity index (χ4n) is 4.64. The van der Waals surface area contributed by atoms with E-state index in [1.807, 2.05) is 19.9 Å². The molecule has 0 radical (unpaired) electrons. The van der Waals surface area contributed by atoms with E-state index in [0.717, 1.165) is 5.56 Å². The fourth-order valence-corrected chi connectivity index (χ4v) is 4.64. The molecular weight excluding hydrogens is 476 g/mol. The Morgan fingerprint density at radius 1 is 0.973 bits per heavy atom. The van der Waals surface area contributed by atoms with Crippen LogP contribution >= 0.6 is 0 Å². The number of phenolic OH excluding ortho intramolecular Hbond substituents is 1. The van der Waals surface area contributed by atoms with Gasteiger partial charge in [-0.05, 0) is 49.2 Å². The van der Waals surface area contributed by atoms with Crippen molar-refractivity contribution in [2.45, 2.75) is 32.3 Å². The molecule has 0 saturated carbocycles. The molecule has 3 aromatic carbocycles. The van der Waals surface area contributed by atoms with E-state index < -0.39 is 17.3 Å². The van der Waals surface area contributed by atoms with Gasteiger partial charge in [0, 0.05) is 17.5 Å². The molecule has 1 aliphatic heterocycles. The van der Waals surface area contributed by atoms with E-state index in [1.54, 1.807) is 50.6 Å². The molecule has 0 aliphatic carbocycles. The zero-order valence-electron chi connectivity index (χ0n) is 20.9. The molecule has 0 spiro atoms. The highest BCUT2D eigenvalue weighted by molar-refractivity contribution is 5.94. The normalized spacial score (nSPS) is 14.8. The minimum Gasteiger partial charge on any atom is -0.507 e. The molecule has 37 heavy (non-hydrogen) atoms. The van der Waals surface area contributed by atoms with E-state index in [9.17, 15) is 14.7 Å². The summed E-state index contributed by atoms with van der Waals surface area (Å²) in [6.07, 6.45) is 1.33. The maximum absolute atomic E-state index is 13.5. The number of carbonyl (C=O) groups excluding carboxylic acids is 1. The van der Waals surface area contributed by atoms with E-state index >= 15 is 0 Å². The minimum atomic E-state index is -0.503. The summed E-state index contributed by atoms with van der Waals surface area (Å²) in [5.41, 5.74) is 1.91. The Morgan fingerprint density at radius 3 is 2.41 bits per heavy atom. The lowest BCUT2D eigenvalue weighted by Crippen LogP contribution is -2.22. The summed E-state index contributed by atoms with van der Waals surface area (Å²) < 4.78 is 28.0. The monoisotopic (exact) mass is 502 g/mol. The summed E-state index contributed by atoms with van der Waals surface area (Å²) in [6, 6.07) is 13.7. The quantitative estimate of drug-likeness (QED) is 0.276.